The van der Waals surface area contributed by atoms with Crippen molar-refractivity contribution in [1.82, 2.24) is 14.8 Å². The lowest BCUT2D eigenvalue weighted by molar-refractivity contribution is -0.134. The van der Waals surface area contributed by atoms with Crippen LogP contribution in [-0.2, 0) is 17.9 Å². The van der Waals surface area contributed by atoms with Gasteiger partial charge in [0.1, 0.15) is 12.2 Å². The Labute approximate surface area is 142 Å². The lowest BCUT2D eigenvalue weighted by atomic mass is 9.96. The van der Waals surface area contributed by atoms with Crippen LogP contribution in [0.5, 0.6) is 0 Å². The zero-order valence-corrected chi connectivity index (χ0v) is 14.3. The summed E-state index contributed by atoms with van der Waals surface area (Å²) >= 11 is 0. The van der Waals surface area contributed by atoms with Crippen molar-refractivity contribution < 1.29 is 4.79 Å². The van der Waals surface area contributed by atoms with Crippen LogP contribution in [0.15, 0.2) is 28.5 Å². The molecule has 1 fully saturated rings. The van der Waals surface area contributed by atoms with E-state index in [-0.39, 0.29) is 5.91 Å². The molecule has 0 atom stereocenters. The van der Waals surface area contributed by atoms with Crippen LogP contribution in [-0.4, -0.2) is 46.8 Å². The molecule has 0 aromatic carbocycles. The van der Waals surface area contributed by atoms with E-state index in [0.717, 1.165) is 24.5 Å². The first kappa shape index (κ1) is 16.4. The van der Waals surface area contributed by atoms with Gasteiger partial charge in [0.15, 0.2) is 0 Å². The second-order valence-electron chi connectivity index (χ2n) is 6.57. The highest BCUT2D eigenvalue weighted by molar-refractivity contribution is 5.77. The van der Waals surface area contributed by atoms with Gasteiger partial charge in [-0.3, -0.25) is 14.8 Å². The number of carbonyl (C=O) groups excluding carboxylic acids is 1. The summed E-state index contributed by atoms with van der Waals surface area (Å²) in [5.74, 6) is 1.24. The Balaban J connectivity index is 1.51. The van der Waals surface area contributed by atoms with Gasteiger partial charge in [0, 0.05) is 37.7 Å². The fraction of sp³-hybridized carbons (Fsp3) is 0.444. The van der Waals surface area contributed by atoms with Crippen LogP contribution >= 0.6 is 0 Å². The first-order valence-corrected chi connectivity index (χ1v) is 8.14. The van der Waals surface area contributed by atoms with Crippen molar-refractivity contribution in [3.8, 4) is 0 Å². The molecule has 0 unspecified atom stereocenters. The molecule has 0 radical (unpaired) electrons. The lowest BCUT2D eigenvalue weighted by Crippen LogP contribution is -2.47. The number of pyridine rings is 1. The fourth-order valence-electron chi connectivity index (χ4n) is 3.37. The first-order valence-electron chi connectivity index (χ1n) is 8.14. The predicted molar refractivity (Wildman–Crippen MR) is 94.8 cm³/mol. The van der Waals surface area contributed by atoms with Crippen molar-refractivity contribution in [2.24, 2.45) is 15.9 Å². The minimum absolute atomic E-state index is 0.205. The monoisotopic (exact) mass is 325 g/mol. The summed E-state index contributed by atoms with van der Waals surface area (Å²) in [6.07, 6.45) is 1.96. The van der Waals surface area contributed by atoms with Gasteiger partial charge in [0.25, 0.3) is 0 Å². The summed E-state index contributed by atoms with van der Waals surface area (Å²) in [5.41, 5.74) is 4.51. The number of aryl methyl sites for hydroxylation is 2. The molecule has 0 bridgehead atoms. The fourth-order valence-corrected chi connectivity index (χ4v) is 3.37. The van der Waals surface area contributed by atoms with Gasteiger partial charge in [-0.2, -0.15) is 0 Å². The third-order valence-electron chi connectivity index (χ3n) is 4.68. The van der Waals surface area contributed by atoms with Crippen molar-refractivity contribution in [3.05, 3.63) is 41.0 Å². The lowest BCUT2D eigenvalue weighted by Gasteiger charge is -2.40. The maximum atomic E-state index is 12.6. The van der Waals surface area contributed by atoms with Crippen molar-refractivity contribution in [2.45, 2.75) is 33.4 Å². The van der Waals surface area contributed by atoms with Gasteiger partial charge in [-0.15, -0.1) is 0 Å². The number of hydrogen-bond donors (Lipinski definition) is 0. The molecule has 1 amide bonds. The topological polar surface area (TPSA) is 61.2 Å². The quantitative estimate of drug-likeness (QED) is 0.615. The average Bonchev–Trinajstić information content (AvgIpc) is 2.92. The van der Waals surface area contributed by atoms with Crippen LogP contribution < -0.4 is 0 Å². The molecule has 0 N–H and O–H groups in total. The van der Waals surface area contributed by atoms with E-state index in [0.29, 0.717) is 31.2 Å². The van der Waals surface area contributed by atoms with Crippen LogP contribution in [0.25, 0.3) is 0 Å². The Bertz CT molecular complexity index is 718. The van der Waals surface area contributed by atoms with Crippen molar-refractivity contribution >= 4 is 19.0 Å². The third kappa shape index (κ3) is 3.22. The van der Waals surface area contributed by atoms with E-state index in [2.05, 4.69) is 41.3 Å². The molecule has 6 nitrogen and oxygen atoms in total. The molecule has 3 heterocycles. The summed E-state index contributed by atoms with van der Waals surface area (Å²) in [4.78, 5) is 28.8. The number of likely N-dealkylation sites (tertiary alicyclic amines) is 1. The summed E-state index contributed by atoms with van der Waals surface area (Å²) in [7, 11) is 0. The third-order valence-corrected chi connectivity index (χ3v) is 4.68. The molecular weight excluding hydrogens is 302 g/mol. The highest BCUT2D eigenvalue weighted by atomic mass is 16.2. The number of aromatic nitrogens is 1. The maximum absolute atomic E-state index is 12.6. The minimum atomic E-state index is 0.205. The van der Waals surface area contributed by atoms with E-state index in [1.165, 1.54) is 17.5 Å². The van der Waals surface area contributed by atoms with Crippen LogP contribution in [0, 0.1) is 19.8 Å². The van der Waals surface area contributed by atoms with E-state index in [4.69, 9.17) is 0 Å². The van der Waals surface area contributed by atoms with Crippen molar-refractivity contribution in [1.29, 1.82) is 0 Å². The molecule has 2 aliphatic heterocycles. The average molecular weight is 325 g/mol. The standard InChI is InChI=1S/C18H23N5O/c1-12-5-13(2)21-17-10-23(9-16(12)17)18(24)6-15-7-22(8-15)14(3)20-11-19-4/h5,11,15H,3-4,6-10H2,1-2H3/b20-11-. The molecule has 0 spiro atoms. The number of nitrogens with zero attached hydrogens (tertiary/aromatic N) is 5. The van der Waals surface area contributed by atoms with E-state index in [1.807, 2.05) is 16.7 Å². The zero-order valence-electron chi connectivity index (χ0n) is 14.3. The summed E-state index contributed by atoms with van der Waals surface area (Å²) < 4.78 is 0. The van der Waals surface area contributed by atoms with E-state index >= 15 is 0 Å². The molecule has 0 aliphatic carbocycles. The van der Waals surface area contributed by atoms with Gasteiger partial charge < -0.3 is 9.80 Å². The van der Waals surface area contributed by atoms with E-state index in [1.54, 1.807) is 0 Å². The van der Waals surface area contributed by atoms with Gasteiger partial charge >= 0.3 is 0 Å². The number of amides is 1. The largest absolute Gasteiger partial charge is 0.356 e. The van der Waals surface area contributed by atoms with Crippen molar-refractivity contribution in [3.63, 3.8) is 0 Å². The van der Waals surface area contributed by atoms with Gasteiger partial charge in [-0.25, -0.2) is 4.99 Å². The highest BCUT2D eigenvalue weighted by Gasteiger charge is 2.33. The molecular formula is C18H23N5O. The molecule has 24 heavy (non-hydrogen) atoms. The van der Waals surface area contributed by atoms with Crippen LogP contribution in [0.4, 0.5) is 0 Å². The Morgan fingerprint density at radius 1 is 1.38 bits per heavy atom. The van der Waals surface area contributed by atoms with E-state index in [9.17, 15) is 4.79 Å². The Kier molecular flexibility index (Phi) is 4.46. The van der Waals surface area contributed by atoms with Crippen LogP contribution in [0.2, 0.25) is 0 Å². The normalized spacial score (nSPS) is 17.1. The zero-order chi connectivity index (χ0) is 17.3. The molecule has 2 aliphatic rings. The molecule has 126 valence electrons. The van der Waals surface area contributed by atoms with Gasteiger partial charge in [-0.05, 0) is 37.8 Å². The molecule has 3 rings (SSSR count). The molecule has 1 saturated heterocycles. The minimum Gasteiger partial charge on any atom is -0.356 e. The Morgan fingerprint density at radius 3 is 2.83 bits per heavy atom. The maximum Gasteiger partial charge on any atom is 0.223 e. The van der Waals surface area contributed by atoms with E-state index < -0.39 is 0 Å². The van der Waals surface area contributed by atoms with Crippen molar-refractivity contribution in [2.75, 3.05) is 13.1 Å². The summed E-state index contributed by atoms with van der Waals surface area (Å²) in [6.45, 7) is 14.3. The second-order valence-corrected chi connectivity index (χ2v) is 6.57. The number of rotatable bonds is 5. The highest BCUT2D eigenvalue weighted by Crippen LogP contribution is 2.28. The number of aliphatic imine (C=N–C) groups is 2. The summed E-state index contributed by atoms with van der Waals surface area (Å²) in [5, 5.41) is 0. The molecule has 0 saturated carbocycles. The first-order chi connectivity index (χ1) is 11.5. The van der Waals surface area contributed by atoms with Crippen LogP contribution in [0.3, 0.4) is 0 Å². The molecule has 1 aromatic rings. The number of fused-ring (bicyclic) bond motifs is 1. The van der Waals surface area contributed by atoms with Gasteiger partial charge in [0.2, 0.25) is 5.91 Å². The Morgan fingerprint density at radius 2 is 2.12 bits per heavy atom. The van der Waals surface area contributed by atoms with Gasteiger partial charge in [0.05, 0.1) is 12.2 Å². The molecule has 1 aromatic heterocycles. The number of hydrogen-bond acceptors (Lipinski definition) is 4. The summed E-state index contributed by atoms with van der Waals surface area (Å²) in [6, 6.07) is 2.08. The predicted octanol–water partition coefficient (Wildman–Crippen LogP) is 2.06. The number of carbonyl (C=O) groups is 1. The second kappa shape index (κ2) is 6.55. The molecule has 6 heteroatoms. The van der Waals surface area contributed by atoms with Gasteiger partial charge in [-0.1, -0.05) is 6.58 Å². The SMILES string of the molecule is C=N/C=N\C(=C)N1CC(CC(=O)N2Cc3nc(C)cc(C)c3C2)C1. The smallest absolute Gasteiger partial charge is 0.223 e. The van der Waals surface area contributed by atoms with Crippen LogP contribution in [0.1, 0.15) is 28.9 Å². The Hall–Kier alpha value is -2.50.